The monoisotopic (exact) mass is 275 g/mol. The largest absolute Gasteiger partial charge is 0.493 e. The number of rotatable bonds is 5. The van der Waals surface area contributed by atoms with Crippen LogP contribution in [0.3, 0.4) is 0 Å². The number of ether oxygens (including phenoxy) is 1. The first-order valence-electron chi connectivity index (χ1n) is 6.65. The van der Waals surface area contributed by atoms with E-state index in [1.165, 1.54) is 22.9 Å². The Morgan fingerprint density at radius 3 is 3.21 bits per heavy atom. The quantitative estimate of drug-likeness (QED) is 0.911. The molecule has 1 aliphatic rings. The highest BCUT2D eigenvalue weighted by Gasteiger charge is 2.24. The Kier molecular flexibility index (Phi) is 3.75. The number of para-hydroxylation sites is 1. The van der Waals surface area contributed by atoms with Crippen LogP contribution in [0.1, 0.15) is 36.2 Å². The molecule has 2 aromatic rings. The zero-order valence-corrected chi connectivity index (χ0v) is 11.7. The average Bonchev–Trinajstić information content (AvgIpc) is 3.10. The van der Waals surface area contributed by atoms with Crippen molar-refractivity contribution in [2.45, 2.75) is 25.8 Å². The van der Waals surface area contributed by atoms with Gasteiger partial charge in [-0.1, -0.05) is 25.1 Å². The first kappa shape index (κ1) is 12.6. The van der Waals surface area contributed by atoms with Gasteiger partial charge in [0.2, 0.25) is 0 Å². The second-order valence-corrected chi connectivity index (χ2v) is 5.21. The average molecular weight is 275 g/mol. The Bertz CT molecular complexity index is 542. The molecule has 1 aliphatic heterocycles. The summed E-state index contributed by atoms with van der Waals surface area (Å²) in [5.41, 5.74) is 3.45. The van der Waals surface area contributed by atoms with Gasteiger partial charge in [-0.2, -0.15) is 8.75 Å². The minimum Gasteiger partial charge on any atom is -0.493 e. The number of aromatic nitrogens is 2. The van der Waals surface area contributed by atoms with E-state index < -0.39 is 0 Å². The number of nitrogens with one attached hydrogen (secondary N) is 1. The maximum absolute atomic E-state index is 5.80. The smallest absolute Gasteiger partial charge is 0.127 e. The van der Waals surface area contributed by atoms with E-state index in [1.54, 1.807) is 0 Å². The van der Waals surface area contributed by atoms with E-state index in [2.05, 4.69) is 39.2 Å². The standard InChI is InChI=1S/C14H17N3OS/c1-2-7-15-13(12-9-16-19-17-12)11-5-3-4-10-6-8-18-14(10)11/h3-5,9,13,15H,2,6-8H2,1H3. The molecule has 4 nitrogen and oxygen atoms in total. The molecule has 0 bridgehead atoms. The van der Waals surface area contributed by atoms with Crippen LogP contribution in [0.25, 0.3) is 0 Å². The van der Waals surface area contributed by atoms with Crippen molar-refractivity contribution in [1.29, 1.82) is 0 Å². The number of benzene rings is 1. The minimum atomic E-state index is 0.0757. The van der Waals surface area contributed by atoms with Crippen molar-refractivity contribution in [3.05, 3.63) is 41.2 Å². The Morgan fingerprint density at radius 2 is 2.42 bits per heavy atom. The van der Waals surface area contributed by atoms with Gasteiger partial charge >= 0.3 is 0 Å². The lowest BCUT2D eigenvalue weighted by Crippen LogP contribution is -2.24. The summed E-state index contributed by atoms with van der Waals surface area (Å²) in [4.78, 5) is 0. The van der Waals surface area contributed by atoms with Gasteiger partial charge in [-0.15, -0.1) is 0 Å². The fraction of sp³-hybridized carbons (Fsp3) is 0.429. The van der Waals surface area contributed by atoms with Gasteiger partial charge in [0.25, 0.3) is 0 Å². The van der Waals surface area contributed by atoms with E-state index in [0.29, 0.717) is 0 Å². The van der Waals surface area contributed by atoms with E-state index >= 15 is 0 Å². The summed E-state index contributed by atoms with van der Waals surface area (Å²) in [6.07, 6.45) is 3.93. The summed E-state index contributed by atoms with van der Waals surface area (Å²) in [6.45, 7) is 3.89. The molecule has 0 aliphatic carbocycles. The van der Waals surface area contributed by atoms with Gasteiger partial charge in [-0.25, -0.2) is 0 Å². The van der Waals surface area contributed by atoms with Crippen molar-refractivity contribution in [3.63, 3.8) is 0 Å². The van der Waals surface area contributed by atoms with Crippen molar-refractivity contribution in [2.24, 2.45) is 0 Å². The second-order valence-electron chi connectivity index (χ2n) is 4.65. The normalized spacial score (nSPS) is 15.0. The third kappa shape index (κ3) is 2.48. The molecular weight excluding hydrogens is 258 g/mol. The van der Waals surface area contributed by atoms with Crippen LogP contribution >= 0.6 is 11.7 Å². The third-order valence-electron chi connectivity index (χ3n) is 3.33. The lowest BCUT2D eigenvalue weighted by atomic mass is 9.99. The first-order chi connectivity index (χ1) is 9.40. The van der Waals surface area contributed by atoms with Crippen molar-refractivity contribution in [3.8, 4) is 5.75 Å². The fourth-order valence-corrected chi connectivity index (χ4v) is 2.88. The molecule has 19 heavy (non-hydrogen) atoms. The number of fused-ring (bicyclic) bond motifs is 1. The zero-order chi connectivity index (χ0) is 13.1. The molecule has 3 rings (SSSR count). The van der Waals surface area contributed by atoms with Gasteiger partial charge in [0.05, 0.1) is 36.3 Å². The van der Waals surface area contributed by atoms with Crippen LogP contribution in [0.4, 0.5) is 0 Å². The van der Waals surface area contributed by atoms with Crippen LogP contribution in [0, 0.1) is 0 Å². The Labute approximate surface area is 117 Å². The Balaban J connectivity index is 1.98. The van der Waals surface area contributed by atoms with E-state index in [1.807, 2.05) is 6.20 Å². The van der Waals surface area contributed by atoms with Crippen molar-refractivity contribution >= 4 is 11.7 Å². The van der Waals surface area contributed by atoms with Gasteiger partial charge in [-0.05, 0) is 18.5 Å². The van der Waals surface area contributed by atoms with Gasteiger partial charge < -0.3 is 10.1 Å². The molecule has 1 atom stereocenters. The zero-order valence-electron chi connectivity index (χ0n) is 10.9. The highest BCUT2D eigenvalue weighted by atomic mass is 32.1. The summed E-state index contributed by atoms with van der Waals surface area (Å²) in [5, 5.41) is 3.54. The number of nitrogens with zero attached hydrogens (tertiary/aromatic N) is 2. The molecule has 1 aromatic carbocycles. The molecule has 0 amide bonds. The topological polar surface area (TPSA) is 47.0 Å². The maximum Gasteiger partial charge on any atom is 0.127 e. The van der Waals surface area contributed by atoms with Crippen LogP contribution < -0.4 is 10.1 Å². The molecule has 0 fully saturated rings. The van der Waals surface area contributed by atoms with Gasteiger partial charge in [0.15, 0.2) is 0 Å². The predicted molar refractivity (Wildman–Crippen MR) is 75.7 cm³/mol. The minimum absolute atomic E-state index is 0.0757. The lowest BCUT2D eigenvalue weighted by Gasteiger charge is -2.19. The van der Waals surface area contributed by atoms with Gasteiger partial charge in [0, 0.05) is 12.0 Å². The van der Waals surface area contributed by atoms with Crippen LogP contribution in [0.15, 0.2) is 24.4 Å². The molecule has 1 aromatic heterocycles. The molecule has 0 radical (unpaired) electrons. The second kappa shape index (κ2) is 5.67. The summed E-state index contributed by atoms with van der Waals surface area (Å²) in [7, 11) is 0. The number of hydrogen-bond donors (Lipinski definition) is 1. The predicted octanol–water partition coefficient (Wildman–Crippen LogP) is 2.56. The maximum atomic E-state index is 5.80. The van der Waals surface area contributed by atoms with Crippen LogP contribution in [-0.4, -0.2) is 21.9 Å². The molecule has 0 spiro atoms. The van der Waals surface area contributed by atoms with E-state index in [4.69, 9.17) is 4.74 Å². The summed E-state index contributed by atoms with van der Waals surface area (Å²) < 4.78 is 14.3. The SMILES string of the molecule is CCCNC(c1cnsn1)c1cccc2c1OCC2. The van der Waals surface area contributed by atoms with Crippen molar-refractivity contribution in [2.75, 3.05) is 13.2 Å². The highest BCUT2D eigenvalue weighted by molar-refractivity contribution is 6.99. The summed E-state index contributed by atoms with van der Waals surface area (Å²) >= 11 is 1.25. The fourth-order valence-electron chi connectivity index (χ4n) is 2.43. The molecule has 5 heteroatoms. The molecule has 1 N–H and O–H groups in total. The van der Waals surface area contributed by atoms with E-state index in [-0.39, 0.29) is 6.04 Å². The molecule has 2 heterocycles. The van der Waals surface area contributed by atoms with Crippen molar-refractivity contribution < 1.29 is 4.74 Å². The number of hydrogen-bond acceptors (Lipinski definition) is 5. The molecule has 1 unspecified atom stereocenters. The highest BCUT2D eigenvalue weighted by Crippen LogP contribution is 2.35. The van der Waals surface area contributed by atoms with Gasteiger partial charge in [-0.3, -0.25) is 0 Å². The van der Waals surface area contributed by atoms with E-state index in [9.17, 15) is 0 Å². The Hall–Kier alpha value is -1.46. The molecule has 100 valence electrons. The van der Waals surface area contributed by atoms with Crippen LogP contribution in [-0.2, 0) is 6.42 Å². The molecule has 0 saturated heterocycles. The van der Waals surface area contributed by atoms with Crippen LogP contribution in [0.2, 0.25) is 0 Å². The third-order valence-corrected chi connectivity index (χ3v) is 3.82. The first-order valence-corrected chi connectivity index (χ1v) is 7.38. The molecule has 0 saturated carbocycles. The molecular formula is C14H17N3OS. The van der Waals surface area contributed by atoms with Gasteiger partial charge in [0.1, 0.15) is 5.75 Å². The summed E-state index contributed by atoms with van der Waals surface area (Å²) in [5.74, 6) is 1.03. The van der Waals surface area contributed by atoms with Crippen molar-refractivity contribution in [1.82, 2.24) is 14.1 Å². The summed E-state index contributed by atoms with van der Waals surface area (Å²) in [6, 6.07) is 6.44. The van der Waals surface area contributed by atoms with Crippen LogP contribution in [0.5, 0.6) is 5.75 Å². The van der Waals surface area contributed by atoms with E-state index in [0.717, 1.165) is 37.4 Å². The Morgan fingerprint density at radius 1 is 1.47 bits per heavy atom. The lowest BCUT2D eigenvalue weighted by molar-refractivity contribution is 0.350.